The number of para-hydroxylation sites is 2. The van der Waals surface area contributed by atoms with Gasteiger partial charge < -0.3 is 15.2 Å². The van der Waals surface area contributed by atoms with E-state index in [1.54, 1.807) is 0 Å². The van der Waals surface area contributed by atoms with Crippen molar-refractivity contribution in [2.75, 3.05) is 19.6 Å². The van der Waals surface area contributed by atoms with Crippen LogP contribution < -0.4 is 10.6 Å². The van der Waals surface area contributed by atoms with Crippen molar-refractivity contribution in [1.29, 1.82) is 0 Å². The van der Waals surface area contributed by atoms with Crippen LogP contribution in [0.4, 0.5) is 0 Å². The molecule has 1 heterocycles. The van der Waals surface area contributed by atoms with Gasteiger partial charge in [0.05, 0.1) is 17.4 Å². The summed E-state index contributed by atoms with van der Waals surface area (Å²) in [6.45, 7) is 7.17. The first kappa shape index (κ1) is 15.5. The van der Waals surface area contributed by atoms with Crippen LogP contribution in [0, 0.1) is 5.92 Å². The highest BCUT2D eigenvalue weighted by molar-refractivity contribution is 5.78. The van der Waals surface area contributed by atoms with E-state index in [9.17, 15) is 4.79 Å². The average molecular weight is 288 g/mol. The number of aromatic nitrogens is 2. The molecule has 0 aliphatic rings. The maximum Gasteiger partial charge on any atom is 0.224 e. The molecule has 114 valence electrons. The first-order valence-electron chi connectivity index (χ1n) is 7.60. The highest BCUT2D eigenvalue weighted by Crippen LogP contribution is 2.11. The van der Waals surface area contributed by atoms with E-state index in [1.165, 1.54) is 0 Å². The van der Waals surface area contributed by atoms with E-state index < -0.39 is 0 Å². The third-order valence-electron chi connectivity index (χ3n) is 3.55. The minimum atomic E-state index is 0.0130. The second-order valence-electron chi connectivity index (χ2n) is 5.28. The number of nitrogens with one attached hydrogen (secondary N) is 2. The van der Waals surface area contributed by atoms with Gasteiger partial charge in [0, 0.05) is 25.6 Å². The van der Waals surface area contributed by atoms with Crippen molar-refractivity contribution >= 4 is 16.9 Å². The third-order valence-corrected chi connectivity index (χ3v) is 3.55. The molecule has 2 rings (SSSR count). The predicted molar refractivity (Wildman–Crippen MR) is 85.1 cm³/mol. The molecule has 0 bridgehead atoms. The smallest absolute Gasteiger partial charge is 0.224 e. The summed E-state index contributed by atoms with van der Waals surface area (Å²) in [7, 11) is 0. The van der Waals surface area contributed by atoms with Crippen LogP contribution >= 0.6 is 0 Å². The Bertz CT molecular complexity index is 578. The van der Waals surface area contributed by atoms with E-state index in [4.69, 9.17) is 0 Å². The van der Waals surface area contributed by atoms with Crippen molar-refractivity contribution in [3.63, 3.8) is 0 Å². The zero-order valence-electron chi connectivity index (χ0n) is 12.8. The summed E-state index contributed by atoms with van der Waals surface area (Å²) >= 11 is 0. The molecule has 1 aromatic heterocycles. The van der Waals surface area contributed by atoms with Crippen molar-refractivity contribution in [3.8, 4) is 0 Å². The van der Waals surface area contributed by atoms with Crippen LogP contribution in [0.1, 0.15) is 20.3 Å². The Labute approximate surface area is 125 Å². The minimum Gasteiger partial charge on any atom is -0.356 e. The maximum atomic E-state index is 11.9. The summed E-state index contributed by atoms with van der Waals surface area (Å²) in [5.41, 5.74) is 2.16. The normalized spacial score (nSPS) is 12.5. The number of carbonyl (C=O) groups excluding carboxylic acids is 1. The van der Waals surface area contributed by atoms with Gasteiger partial charge >= 0.3 is 0 Å². The Kier molecular flexibility index (Phi) is 5.75. The van der Waals surface area contributed by atoms with E-state index in [0.29, 0.717) is 6.54 Å². The van der Waals surface area contributed by atoms with Crippen LogP contribution in [0.3, 0.4) is 0 Å². The van der Waals surface area contributed by atoms with Crippen LogP contribution in [-0.2, 0) is 11.3 Å². The average Bonchev–Trinajstić information content (AvgIpc) is 2.92. The molecule has 1 atom stereocenters. The van der Waals surface area contributed by atoms with Crippen molar-refractivity contribution < 1.29 is 4.79 Å². The molecular weight excluding hydrogens is 264 g/mol. The number of hydrogen-bond acceptors (Lipinski definition) is 3. The number of fused-ring (bicyclic) bond motifs is 1. The number of benzene rings is 1. The topological polar surface area (TPSA) is 59.0 Å². The van der Waals surface area contributed by atoms with Gasteiger partial charge in [0.25, 0.3) is 0 Å². The molecule has 0 aliphatic heterocycles. The quantitative estimate of drug-likeness (QED) is 0.728. The first-order chi connectivity index (χ1) is 10.2. The molecule has 0 radical (unpaired) electrons. The standard InChI is InChI=1S/C16H24N4O/c1-3-17-11-13(2)16(21)18-9-6-10-20-12-19-14-7-4-5-8-15(14)20/h4-5,7-8,12-13,17H,3,6,9-11H2,1-2H3,(H,18,21). The summed E-state index contributed by atoms with van der Waals surface area (Å²) < 4.78 is 2.13. The second kappa shape index (κ2) is 7.78. The molecule has 2 N–H and O–H groups in total. The summed E-state index contributed by atoms with van der Waals surface area (Å²) in [6.07, 6.45) is 2.76. The van der Waals surface area contributed by atoms with Crippen LogP contribution in [0.15, 0.2) is 30.6 Å². The number of rotatable bonds is 8. The molecule has 0 spiro atoms. The summed E-state index contributed by atoms with van der Waals surface area (Å²) in [6, 6.07) is 8.09. The molecule has 0 saturated carbocycles. The fraction of sp³-hybridized carbons (Fsp3) is 0.500. The molecule has 0 saturated heterocycles. The summed E-state index contributed by atoms with van der Waals surface area (Å²) in [5, 5.41) is 6.18. The van der Waals surface area contributed by atoms with Gasteiger partial charge in [-0.1, -0.05) is 26.0 Å². The van der Waals surface area contributed by atoms with Gasteiger partial charge in [0.1, 0.15) is 0 Å². The fourth-order valence-electron chi connectivity index (χ4n) is 2.28. The Hall–Kier alpha value is -1.88. The van der Waals surface area contributed by atoms with Gasteiger partial charge in [-0.15, -0.1) is 0 Å². The molecule has 0 aliphatic carbocycles. The molecule has 1 aromatic carbocycles. The van der Waals surface area contributed by atoms with Crippen molar-refractivity contribution in [2.24, 2.45) is 5.92 Å². The number of carbonyl (C=O) groups is 1. The predicted octanol–water partition coefficient (Wildman–Crippen LogP) is 1.79. The van der Waals surface area contributed by atoms with E-state index in [2.05, 4.69) is 26.3 Å². The van der Waals surface area contributed by atoms with E-state index in [0.717, 1.165) is 37.1 Å². The van der Waals surface area contributed by atoms with Gasteiger partial charge in [-0.3, -0.25) is 4.79 Å². The molecule has 5 heteroatoms. The minimum absolute atomic E-state index is 0.0130. The molecular formula is C16H24N4O. The highest BCUT2D eigenvalue weighted by Gasteiger charge is 2.11. The lowest BCUT2D eigenvalue weighted by Gasteiger charge is -2.12. The van der Waals surface area contributed by atoms with Gasteiger partial charge in [0.15, 0.2) is 0 Å². The monoisotopic (exact) mass is 288 g/mol. The lowest BCUT2D eigenvalue weighted by atomic mass is 10.1. The van der Waals surface area contributed by atoms with E-state index >= 15 is 0 Å². The third kappa shape index (κ3) is 4.29. The van der Waals surface area contributed by atoms with Crippen LogP contribution in [0.25, 0.3) is 11.0 Å². The molecule has 2 aromatic rings. The number of nitrogens with zero attached hydrogens (tertiary/aromatic N) is 2. The number of imidazole rings is 1. The SMILES string of the molecule is CCNCC(C)C(=O)NCCCn1cnc2ccccc21. The Balaban J connectivity index is 1.73. The van der Waals surface area contributed by atoms with Gasteiger partial charge in [-0.25, -0.2) is 4.98 Å². The summed E-state index contributed by atoms with van der Waals surface area (Å²) in [4.78, 5) is 16.2. The molecule has 21 heavy (non-hydrogen) atoms. The van der Waals surface area contributed by atoms with Crippen LogP contribution in [-0.4, -0.2) is 35.1 Å². The highest BCUT2D eigenvalue weighted by atomic mass is 16.1. The summed E-state index contributed by atoms with van der Waals surface area (Å²) in [5.74, 6) is 0.130. The van der Waals surface area contributed by atoms with Crippen molar-refractivity contribution in [2.45, 2.75) is 26.8 Å². The molecule has 1 amide bonds. The first-order valence-corrected chi connectivity index (χ1v) is 7.60. The zero-order valence-corrected chi connectivity index (χ0v) is 12.8. The Morgan fingerprint density at radius 2 is 2.19 bits per heavy atom. The zero-order chi connectivity index (χ0) is 15.1. The van der Waals surface area contributed by atoms with Crippen LogP contribution in [0.5, 0.6) is 0 Å². The molecule has 5 nitrogen and oxygen atoms in total. The van der Waals surface area contributed by atoms with Gasteiger partial charge in [-0.2, -0.15) is 0 Å². The number of aryl methyl sites for hydroxylation is 1. The van der Waals surface area contributed by atoms with Gasteiger partial charge in [-0.05, 0) is 25.1 Å². The second-order valence-corrected chi connectivity index (χ2v) is 5.28. The van der Waals surface area contributed by atoms with Crippen LogP contribution in [0.2, 0.25) is 0 Å². The van der Waals surface area contributed by atoms with Crippen molar-refractivity contribution in [1.82, 2.24) is 20.2 Å². The fourth-order valence-corrected chi connectivity index (χ4v) is 2.28. The number of hydrogen-bond donors (Lipinski definition) is 2. The van der Waals surface area contributed by atoms with E-state index in [1.807, 2.05) is 38.4 Å². The Morgan fingerprint density at radius 1 is 1.38 bits per heavy atom. The maximum absolute atomic E-state index is 11.9. The number of amides is 1. The van der Waals surface area contributed by atoms with E-state index in [-0.39, 0.29) is 11.8 Å². The molecule has 1 unspecified atom stereocenters. The Morgan fingerprint density at radius 3 is 3.00 bits per heavy atom. The largest absolute Gasteiger partial charge is 0.356 e. The lowest BCUT2D eigenvalue weighted by Crippen LogP contribution is -2.35. The van der Waals surface area contributed by atoms with Gasteiger partial charge in [0.2, 0.25) is 5.91 Å². The molecule has 0 fully saturated rings. The van der Waals surface area contributed by atoms with Crippen molar-refractivity contribution in [3.05, 3.63) is 30.6 Å². The lowest BCUT2D eigenvalue weighted by molar-refractivity contribution is -0.124.